The molecule has 4 rings (SSSR count). The van der Waals surface area contributed by atoms with E-state index < -0.39 is 0 Å². The van der Waals surface area contributed by atoms with Crippen LogP contribution in [0.3, 0.4) is 0 Å². The van der Waals surface area contributed by atoms with E-state index in [2.05, 4.69) is 36.7 Å². The number of rotatable bonds is 4. The average Bonchev–Trinajstić information content (AvgIpc) is 3.30. The summed E-state index contributed by atoms with van der Waals surface area (Å²) in [6.07, 6.45) is 4.91. The topological polar surface area (TPSA) is 51.0 Å². The van der Waals surface area contributed by atoms with Gasteiger partial charge < -0.3 is 4.90 Å². The molecule has 1 aliphatic heterocycles. The van der Waals surface area contributed by atoms with E-state index in [-0.39, 0.29) is 5.56 Å². The van der Waals surface area contributed by atoms with E-state index in [1.165, 1.54) is 4.88 Å². The van der Waals surface area contributed by atoms with Crippen LogP contribution in [0.25, 0.3) is 21.9 Å². The number of anilines is 1. The van der Waals surface area contributed by atoms with Crippen LogP contribution in [0.2, 0.25) is 0 Å². The van der Waals surface area contributed by atoms with Crippen LogP contribution in [0, 0.1) is 13.8 Å². The van der Waals surface area contributed by atoms with Crippen molar-refractivity contribution < 1.29 is 0 Å². The Morgan fingerprint density at radius 3 is 2.77 bits per heavy atom. The summed E-state index contributed by atoms with van der Waals surface area (Å²) in [5.74, 6) is 0.821. The number of nitrogens with zero attached hydrogens (tertiary/aromatic N) is 4. The van der Waals surface area contributed by atoms with Crippen molar-refractivity contribution in [3.63, 3.8) is 0 Å². The van der Waals surface area contributed by atoms with Crippen LogP contribution in [0.4, 0.5) is 5.13 Å². The fourth-order valence-corrected chi connectivity index (χ4v) is 5.45. The van der Waals surface area contributed by atoms with Gasteiger partial charge in [-0.05, 0) is 51.3 Å². The Hall–Kier alpha value is -1.99. The molecule has 1 aliphatic rings. The minimum Gasteiger partial charge on any atom is -0.349 e. The number of aryl methyl sites for hydroxylation is 2. The monoisotopic (exact) mass is 386 g/mol. The van der Waals surface area contributed by atoms with Gasteiger partial charge in [-0.3, -0.25) is 9.36 Å². The summed E-state index contributed by atoms with van der Waals surface area (Å²) in [5, 5.41) is 1.84. The fraction of sp³-hybridized carbons (Fsp3) is 0.421. The Balaban J connectivity index is 1.77. The van der Waals surface area contributed by atoms with Crippen LogP contribution in [0.5, 0.6) is 0 Å². The summed E-state index contributed by atoms with van der Waals surface area (Å²) in [7, 11) is 0. The molecular formula is C19H22N4OS2. The van der Waals surface area contributed by atoms with Gasteiger partial charge in [0, 0.05) is 35.6 Å². The third kappa shape index (κ3) is 2.70. The number of thiazole rings is 1. The zero-order valence-electron chi connectivity index (χ0n) is 15.5. The number of hydrogen-bond donors (Lipinski definition) is 0. The predicted octanol–water partition coefficient (Wildman–Crippen LogP) is 4.32. The molecule has 3 aromatic rings. The molecule has 4 heterocycles. The van der Waals surface area contributed by atoms with E-state index >= 15 is 0 Å². The lowest BCUT2D eigenvalue weighted by Crippen LogP contribution is -2.21. The number of aromatic nitrogens is 3. The van der Waals surface area contributed by atoms with E-state index in [1.54, 1.807) is 22.7 Å². The highest BCUT2D eigenvalue weighted by Crippen LogP contribution is 2.33. The molecule has 0 N–H and O–H groups in total. The third-order valence-electron chi connectivity index (χ3n) is 5.04. The lowest BCUT2D eigenvalue weighted by Gasteiger charge is -2.16. The number of allylic oxidation sites excluding steroid dienone is 1. The molecule has 0 aromatic carbocycles. The van der Waals surface area contributed by atoms with Gasteiger partial charge in [0.25, 0.3) is 5.56 Å². The Morgan fingerprint density at radius 1 is 1.27 bits per heavy atom. The van der Waals surface area contributed by atoms with Crippen molar-refractivity contribution in [2.75, 3.05) is 18.0 Å². The Morgan fingerprint density at radius 2 is 2.04 bits per heavy atom. The molecule has 7 heteroatoms. The molecule has 0 atom stereocenters. The molecule has 26 heavy (non-hydrogen) atoms. The summed E-state index contributed by atoms with van der Waals surface area (Å²) in [4.78, 5) is 27.7. The van der Waals surface area contributed by atoms with Crippen LogP contribution >= 0.6 is 22.7 Å². The maximum absolute atomic E-state index is 12.9. The zero-order chi connectivity index (χ0) is 18.4. The van der Waals surface area contributed by atoms with Gasteiger partial charge in [-0.25, -0.2) is 9.97 Å². The van der Waals surface area contributed by atoms with Crippen molar-refractivity contribution in [2.24, 2.45) is 0 Å². The summed E-state index contributed by atoms with van der Waals surface area (Å²) < 4.78 is 1.83. The van der Waals surface area contributed by atoms with Gasteiger partial charge >= 0.3 is 0 Å². The van der Waals surface area contributed by atoms with E-state index in [1.807, 2.05) is 17.7 Å². The molecule has 0 amide bonds. The lowest BCUT2D eigenvalue weighted by atomic mass is 10.2. The highest BCUT2D eigenvalue weighted by Gasteiger charge is 2.23. The second kappa shape index (κ2) is 6.63. The first-order valence-corrected chi connectivity index (χ1v) is 10.6. The summed E-state index contributed by atoms with van der Waals surface area (Å²) in [6.45, 7) is 11.0. The molecule has 0 bridgehead atoms. The first-order chi connectivity index (χ1) is 12.5. The highest BCUT2D eigenvalue weighted by molar-refractivity contribution is 7.18. The molecule has 3 aromatic heterocycles. The van der Waals surface area contributed by atoms with E-state index in [9.17, 15) is 4.79 Å². The second-order valence-electron chi connectivity index (χ2n) is 6.49. The maximum Gasteiger partial charge on any atom is 0.262 e. The average molecular weight is 387 g/mol. The van der Waals surface area contributed by atoms with E-state index in [0.717, 1.165) is 56.7 Å². The van der Waals surface area contributed by atoms with Crippen molar-refractivity contribution in [2.45, 2.75) is 40.7 Å². The van der Waals surface area contributed by atoms with Gasteiger partial charge in [0.15, 0.2) is 5.13 Å². The maximum atomic E-state index is 12.9. The van der Waals surface area contributed by atoms with Crippen molar-refractivity contribution >= 4 is 49.7 Å². The molecule has 0 unspecified atom stereocenters. The van der Waals surface area contributed by atoms with Crippen LogP contribution < -0.4 is 10.5 Å². The van der Waals surface area contributed by atoms with Gasteiger partial charge in [0.1, 0.15) is 10.7 Å². The number of fused-ring (bicyclic) bond motifs is 2. The van der Waals surface area contributed by atoms with Crippen molar-refractivity contribution in [3.05, 3.63) is 37.7 Å². The Labute approximate surface area is 160 Å². The van der Waals surface area contributed by atoms with Gasteiger partial charge in [-0.15, -0.1) is 11.3 Å². The second-order valence-corrected chi connectivity index (χ2v) is 8.74. The smallest absolute Gasteiger partial charge is 0.262 e. The van der Waals surface area contributed by atoms with Gasteiger partial charge in [-0.1, -0.05) is 11.3 Å². The normalized spacial score (nSPS) is 15.2. The predicted molar refractivity (Wildman–Crippen MR) is 112 cm³/mol. The lowest BCUT2D eigenvalue weighted by molar-refractivity contribution is 0.726. The van der Waals surface area contributed by atoms with E-state index in [4.69, 9.17) is 4.98 Å². The summed E-state index contributed by atoms with van der Waals surface area (Å²) in [6, 6.07) is 0. The molecule has 0 saturated carbocycles. The van der Waals surface area contributed by atoms with Crippen LogP contribution in [0.1, 0.15) is 41.4 Å². The van der Waals surface area contributed by atoms with E-state index in [0.29, 0.717) is 6.54 Å². The Bertz CT molecular complexity index is 1070. The SMILES string of the molecule is CCN(CC)c1ncc(/C=C2/CCn3c2nc2sc(C)c(C)c2c3=O)s1. The Kier molecular flexibility index (Phi) is 4.44. The first-order valence-electron chi connectivity index (χ1n) is 8.95. The van der Waals surface area contributed by atoms with Gasteiger partial charge in [0.05, 0.1) is 5.39 Å². The summed E-state index contributed by atoms with van der Waals surface area (Å²) in [5.41, 5.74) is 2.30. The number of thiophene rings is 1. The van der Waals surface area contributed by atoms with Crippen molar-refractivity contribution in [1.82, 2.24) is 14.5 Å². The minimum absolute atomic E-state index is 0.100. The molecule has 0 radical (unpaired) electrons. The molecule has 0 spiro atoms. The molecule has 0 saturated heterocycles. The van der Waals surface area contributed by atoms with Crippen LogP contribution in [0.15, 0.2) is 11.0 Å². The zero-order valence-corrected chi connectivity index (χ0v) is 17.1. The van der Waals surface area contributed by atoms with Crippen molar-refractivity contribution in [3.8, 4) is 0 Å². The fourth-order valence-electron chi connectivity index (χ4n) is 3.42. The molecule has 5 nitrogen and oxygen atoms in total. The van der Waals surface area contributed by atoms with Crippen LogP contribution in [-0.2, 0) is 6.54 Å². The standard InChI is InChI=1S/C19H22N4OS2/c1-5-22(6-2)19-20-10-14(26-19)9-13-7-8-23-16(13)21-17-15(18(23)24)11(3)12(4)25-17/h9-10H,5-8H2,1-4H3/b13-9-. The number of hydrogen-bond acceptors (Lipinski definition) is 6. The van der Waals surface area contributed by atoms with Gasteiger partial charge in [0.2, 0.25) is 0 Å². The quantitative estimate of drug-likeness (QED) is 0.670. The third-order valence-corrected chi connectivity index (χ3v) is 7.15. The minimum atomic E-state index is 0.100. The largest absolute Gasteiger partial charge is 0.349 e. The van der Waals surface area contributed by atoms with Crippen molar-refractivity contribution in [1.29, 1.82) is 0 Å². The molecular weight excluding hydrogens is 364 g/mol. The molecule has 0 aliphatic carbocycles. The first kappa shape index (κ1) is 17.4. The molecule has 0 fully saturated rings. The highest BCUT2D eigenvalue weighted by atomic mass is 32.1. The summed E-state index contributed by atoms with van der Waals surface area (Å²) >= 11 is 3.31. The van der Waals surface area contributed by atoms with Crippen LogP contribution in [-0.4, -0.2) is 27.6 Å². The molecule has 136 valence electrons. The van der Waals surface area contributed by atoms with Gasteiger partial charge in [-0.2, -0.15) is 0 Å².